The number of rotatable bonds is 6. The first kappa shape index (κ1) is 13.7. The van der Waals surface area contributed by atoms with E-state index in [4.69, 9.17) is 0 Å². The summed E-state index contributed by atoms with van der Waals surface area (Å²) in [5.74, 6) is 3.19. The maximum Gasteiger partial charge on any atom is 0.132 e. The minimum atomic E-state index is 0.457. The van der Waals surface area contributed by atoms with Gasteiger partial charge in [0.1, 0.15) is 17.5 Å². The van der Waals surface area contributed by atoms with E-state index in [0.717, 1.165) is 30.4 Å². The van der Waals surface area contributed by atoms with Crippen molar-refractivity contribution in [3.63, 3.8) is 0 Å². The van der Waals surface area contributed by atoms with Gasteiger partial charge >= 0.3 is 0 Å². The van der Waals surface area contributed by atoms with Crippen molar-refractivity contribution in [2.75, 3.05) is 17.2 Å². The minimum Gasteiger partial charge on any atom is -0.370 e. The van der Waals surface area contributed by atoms with E-state index < -0.39 is 0 Å². The Balaban J connectivity index is 2.82. The van der Waals surface area contributed by atoms with Crippen LogP contribution in [-0.2, 0) is 0 Å². The van der Waals surface area contributed by atoms with E-state index in [-0.39, 0.29) is 0 Å². The Morgan fingerprint density at radius 3 is 2.35 bits per heavy atom. The summed E-state index contributed by atoms with van der Waals surface area (Å²) in [6.07, 6.45) is 1.09. The molecule has 1 aromatic heterocycles. The highest BCUT2D eigenvalue weighted by atomic mass is 15.1. The number of nitrogens with zero attached hydrogens (tertiary/aromatic N) is 2. The zero-order chi connectivity index (χ0) is 12.8. The predicted molar refractivity (Wildman–Crippen MR) is 73.5 cm³/mol. The van der Waals surface area contributed by atoms with Crippen LogP contribution in [0, 0.1) is 12.8 Å². The van der Waals surface area contributed by atoms with Gasteiger partial charge in [0, 0.05) is 18.7 Å². The van der Waals surface area contributed by atoms with Gasteiger partial charge in [0.15, 0.2) is 0 Å². The van der Waals surface area contributed by atoms with Gasteiger partial charge in [-0.05, 0) is 26.2 Å². The quantitative estimate of drug-likeness (QED) is 0.797. The molecule has 0 saturated carbocycles. The number of aryl methyl sites for hydroxylation is 1. The van der Waals surface area contributed by atoms with Crippen molar-refractivity contribution in [2.45, 2.75) is 47.1 Å². The SMILES string of the molecule is CCNc1cc(NC(CC)C(C)C)nc(C)n1. The number of aromatic nitrogens is 2. The van der Waals surface area contributed by atoms with Crippen LogP contribution in [0.4, 0.5) is 11.6 Å². The third-order valence-corrected chi connectivity index (χ3v) is 2.77. The Bertz CT molecular complexity index is 349. The van der Waals surface area contributed by atoms with Crippen LogP contribution in [0.1, 0.15) is 39.9 Å². The molecule has 0 amide bonds. The smallest absolute Gasteiger partial charge is 0.132 e. The van der Waals surface area contributed by atoms with Crippen LogP contribution in [0.15, 0.2) is 6.07 Å². The van der Waals surface area contributed by atoms with Crippen LogP contribution in [0.5, 0.6) is 0 Å². The van der Waals surface area contributed by atoms with Gasteiger partial charge < -0.3 is 10.6 Å². The van der Waals surface area contributed by atoms with E-state index in [0.29, 0.717) is 12.0 Å². The van der Waals surface area contributed by atoms with Crippen molar-refractivity contribution in [1.82, 2.24) is 9.97 Å². The van der Waals surface area contributed by atoms with Crippen molar-refractivity contribution >= 4 is 11.6 Å². The lowest BCUT2D eigenvalue weighted by atomic mass is 10.0. The molecule has 0 bridgehead atoms. The molecule has 2 N–H and O–H groups in total. The van der Waals surface area contributed by atoms with Gasteiger partial charge in [-0.15, -0.1) is 0 Å². The zero-order valence-corrected chi connectivity index (χ0v) is 11.5. The molecule has 0 fully saturated rings. The molecule has 96 valence electrons. The molecule has 0 radical (unpaired) electrons. The van der Waals surface area contributed by atoms with Crippen molar-refractivity contribution < 1.29 is 0 Å². The van der Waals surface area contributed by atoms with Gasteiger partial charge in [0.05, 0.1) is 0 Å². The predicted octanol–water partition coefficient (Wildman–Crippen LogP) is 3.06. The first-order chi connectivity index (χ1) is 8.06. The van der Waals surface area contributed by atoms with Crippen molar-refractivity contribution in [3.8, 4) is 0 Å². The van der Waals surface area contributed by atoms with Gasteiger partial charge in [0.2, 0.25) is 0 Å². The number of hydrogen-bond acceptors (Lipinski definition) is 4. The fourth-order valence-electron chi connectivity index (χ4n) is 1.84. The third kappa shape index (κ3) is 4.21. The van der Waals surface area contributed by atoms with Gasteiger partial charge in [-0.1, -0.05) is 20.8 Å². The summed E-state index contributed by atoms with van der Waals surface area (Å²) in [7, 11) is 0. The van der Waals surface area contributed by atoms with E-state index in [1.54, 1.807) is 0 Å². The number of nitrogens with one attached hydrogen (secondary N) is 2. The Kier molecular flexibility index (Phi) is 5.19. The largest absolute Gasteiger partial charge is 0.370 e. The standard InChI is InChI=1S/C13H24N4/c1-6-11(9(3)4)17-13-8-12(14-7-2)15-10(5)16-13/h8-9,11H,6-7H2,1-5H3,(H2,14,15,16,17). The molecule has 1 rings (SSSR count). The van der Waals surface area contributed by atoms with Crippen LogP contribution < -0.4 is 10.6 Å². The third-order valence-electron chi connectivity index (χ3n) is 2.77. The summed E-state index contributed by atoms with van der Waals surface area (Å²) in [6, 6.07) is 2.43. The molecule has 0 spiro atoms. The summed E-state index contributed by atoms with van der Waals surface area (Å²) in [5.41, 5.74) is 0. The summed E-state index contributed by atoms with van der Waals surface area (Å²) < 4.78 is 0. The maximum atomic E-state index is 4.42. The second kappa shape index (κ2) is 6.42. The summed E-state index contributed by atoms with van der Waals surface area (Å²) in [5, 5.41) is 6.69. The fraction of sp³-hybridized carbons (Fsp3) is 0.692. The number of hydrogen-bond donors (Lipinski definition) is 2. The molecule has 0 aliphatic rings. The molecule has 0 aliphatic heterocycles. The van der Waals surface area contributed by atoms with Crippen molar-refractivity contribution in [2.24, 2.45) is 5.92 Å². The van der Waals surface area contributed by atoms with Crippen LogP contribution in [-0.4, -0.2) is 22.6 Å². The Morgan fingerprint density at radius 1 is 1.18 bits per heavy atom. The maximum absolute atomic E-state index is 4.42. The van der Waals surface area contributed by atoms with Gasteiger partial charge in [-0.2, -0.15) is 0 Å². The monoisotopic (exact) mass is 236 g/mol. The topological polar surface area (TPSA) is 49.8 Å². The highest BCUT2D eigenvalue weighted by Gasteiger charge is 2.12. The van der Waals surface area contributed by atoms with Crippen LogP contribution in [0.3, 0.4) is 0 Å². The molecule has 4 heteroatoms. The van der Waals surface area contributed by atoms with E-state index in [1.165, 1.54) is 0 Å². The van der Waals surface area contributed by atoms with E-state index >= 15 is 0 Å². The van der Waals surface area contributed by atoms with E-state index in [2.05, 4.69) is 48.3 Å². The van der Waals surface area contributed by atoms with Gasteiger partial charge in [-0.3, -0.25) is 0 Å². The van der Waals surface area contributed by atoms with Gasteiger partial charge in [-0.25, -0.2) is 9.97 Å². The lowest BCUT2D eigenvalue weighted by molar-refractivity contribution is 0.509. The minimum absolute atomic E-state index is 0.457. The molecule has 1 unspecified atom stereocenters. The van der Waals surface area contributed by atoms with Crippen molar-refractivity contribution in [3.05, 3.63) is 11.9 Å². The van der Waals surface area contributed by atoms with Gasteiger partial charge in [0.25, 0.3) is 0 Å². The molecular formula is C13H24N4. The highest BCUT2D eigenvalue weighted by molar-refractivity contribution is 5.48. The Labute approximate surface area is 104 Å². The molecular weight excluding hydrogens is 212 g/mol. The van der Waals surface area contributed by atoms with Crippen LogP contribution in [0.25, 0.3) is 0 Å². The Morgan fingerprint density at radius 2 is 1.82 bits per heavy atom. The molecule has 0 aromatic carbocycles. The van der Waals surface area contributed by atoms with E-state index in [9.17, 15) is 0 Å². The molecule has 1 atom stereocenters. The van der Waals surface area contributed by atoms with Crippen LogP contribution in [0.2, 0.25) is 0 Å². The molecule has 4 nitrogen and oxygen atoms in total. The normalized spacial score (nSPS) is 12.6. The fourth-order valence-corrected chi connectivity index (χ4v) is 1.84. The Hall–Kier alpha value is -1.32. The molecule has 17 heavy (non-hydrogen) atoms. The molecule has 1 heterocycles. The summed E-state index contributed by atoms with van der Waals surface area (Å²) in [4.78, 5) is 8.76. The first-order valence-electron chi connectivity index (χ1n) is 6.42. The highest BCUT2D eigenvalue weighted by Crippen LogP contribution is 2.16. The average molecular weight is 236 g/mol. The second-order valence-electron chi connectivity index (χ2n) is 4.62. The number of anilines is 2. The second-order valence-corrected chi connectivity index (χ2v) is 4.62. The zero-order valence-electron chi connectivity index (χ0n) is 11.5. The average Bonchev–Trinajstić information content (AvgIpc) is 2.25. The van der Waals surface area contributed by atoms with Crippen LogP contribution >= 0.6 is 0 Å². The molecule has 1 aromatic rings. The molecule has 0 aliphatic carbocycles. The lowest BCUT2D eigenvalue weighted by Crippen LogP contribution is -2.25. The van der Waals surface area contributed by atoms with E-state index in [1.807, 2.05) is 13.0 Å². The first-order valence-corrected chi connectivity index (χ1v) is 6.42. The summed E-state index contributed by atoms with van der Waals surface area (Å²) >= 11 is 0. The van der Waals surface area contributed by atoms with Crippen molar-refractivity contribution in [1.29, 1.82) is 0 Å². The lowest BCUT2D eigenvalue weighted by Gasteiger charge is -2.21. The summed E-state index contributed by atoms with van der Waals surface area (Å²) in [6.45, 7) is 11.5. The molecule has 0 saturated heterocycles.